The maximum absolute atomic E-state index is 13.5. The average Bonchev–Trinajstić information content (AvgIpc) is 3.15. The first-order valence-electron chi connectivity index (χ1n) is 13.7. The molecular weight excluding hydrogens is 452 g/mol. The van der Waals surface area contributed by atoms with E-state index in [2.05, 4.69) is 13.8 Å². The third-order valence-electron chi connectivity index (χ3n) is 11.1. The first-order valence-corrected chi connectivity index (χ1v) is 13.7. The molecule has 0 aromatic heterocycles. The largest absolute Gasteiger partial charge is 0.434 e. The Morgan fingerprint density at radius 1 is 0.912 bits per heavy atom. The van der Waals surface area contributed by atoms with Crippen molar-refractivity contribution in [3.05, 3.63) is 0 Å². The van der Waals surface area contributed by atoms with Gasteiger partial charge in [-0.15, -0.1) is 12.4 Å². The van der Waals surface area contributed by atoms with Crippen LogP contribution in [0, 0.1) is 40.4 Å². The van der Waals surface area contributed by atoms with Crippen molar-refractivity contribution in [3.8, 4) is 0 Å². The Morgan fingerprint density at radius 2 is 1.68 bits per heavy atom. The summed E-state index contributed by atoms with van der Waals surface area (Å²) in [6.07, 6.45) is 13.2. The molecule has 8 atom stereocenters. The molecule has 0 aromatic rings. The van der Waals surface area contributed by atoms with Crippen LogP contribution < -0.4 is 0 Å². The third kappa shape index (κ3) is 4.25. The molecule has 7 heteroatoms. The van der Waals surface area contributed by atoms with Crippen LogP contribution in [0.5, 0.6) is 0 Å². The van der Waals surface area contributed by atoms with Gasteiger partial charge in [0.1, 0.15) is 0 Å². The van der Waals surface area contributed by atoms with Gasteiger partial charge < -0.3 is 14.8 Å². The van der Waals surface area contributed by atoms with Gasteiger partial charge in [-0.25, -0.2) is 4.79 Å². The molecule has 5 fully saturated rings. The molecule has 1 saturated heterocycles. The molecule has 0 radical (unpaired) electrons. The zero-order valence-electron chi connectivity index (χ0n) is 21.3. The molecule has 5 rings (SSSR count). The molecular formula is C27H45ClN2O4. The summed E-state index contributed by atoms with van der Waals surface area (Å²) in [4.78, 5) is 33.1. The number of amides is 2. The van der Waals surface area contributed by atoms with Gasteiger partial charge >= 0.3 is 6.09 Å². The maximum Gasteiger partial charge on any atom is 0.434 e. The Bertz CT molecular complexity index is 780. The zero-order valence-corrected chi connectivity index (χ0v) is 22.2. The van der Waals surface area contributed by atoms with Crippen molar-refractivity contribution >= 4 is 24.4 Å². The standard InChI is InChI=1S/C27H44N2O4.ClH/c1-26-14-5-4-7-18(26)9-10-20-21-11-12-23(27(21,2)15-13-22(20)26)24(31)28(3)33-25(32)29-16-6-8-19(30)17-29;/h18-23,30H,4-17H2,1-3H3;1H/t18?,19?,20-,21-,22-,23?,26-,27-;/m0./s1. The van der Waals surface area contributed by atoms with E-state index in [0.29, 0.717) is 24.3 Å². The lowest BCUT2D eigenvalue weighted by Crippen LogP contribution is -2.54. The van der Waals surface area contributed by atoms with E-state index in [-0.39, 0.29) is 36.2 Å². The van der Waals surface area contributed by atoms with E-state index < -0.39 is 12.2 Å². The van der Waals surface area contributed by atoms with Crippen LogP contribution in [-0.2, 0) is 9.63 Å². The van der Waals surface area contributed by atoms with Gasteiger partial charge in [0.2, 0.25) is 0 Å². The summed E-state index contributed by atoms with van der Waals surface area (Å²) in [6.45, 7) is 5.81. The molecule has 194 valence electrons. The van der Waals surface area contributed by atoms with E-state index in [9.17, 15) is 14.7 Å². The summed E-state index contributed by atoms with van der Waals surface area (Å²) in [5, 5.41) is 11.1. The molecule has 0 bridgehead atoms. The van der Waals surface area contributed by atoms with Crippen molar-refractivity contribution in [1.82, 2.24) is 9.96 Å². The first-order chi connectivity index (χ1) is 15.7. The van der Waals surface area contributed by atoms with Crippen LogP contribution in [-0.4, -0.2) is 53.3 Å². The van der Waals surface area contributed by atoms with Gasteiger partial charge in [0, 0.05) is 26.1 Å². The van der Waals surface area contributed by atoms with Crippen molar-refractivity contribution in [2.45, 2.75) is 97.0 Å². The van der Waals surface area contributed by atoms with Crippen LogP contribution in [0.1, 0.15) is 90.9 Å². The first kappa shape index (κ1) is 26.1. The fourth-order valence-corrected chi connectivity index (χ4v) is 9.26. The number of hydrogen-bond acceptors (Lipinski definition) is 4. The maximum atomic E-state index is 13.5. The van der Waals surface area contributed by atoms with Gasteiger partial charge in [0.05, 0.1) is 6.10 Å². The van der Waals surface area contributed by atoms with Gasteiger partial charge in [0.15, 0.2) is 0 Å². The Morgan fingerprint density at radius 3 is 2.44 bits per heavy atom. The SMILES string of the molecule is CN(OC(=O)N1CCCC(O)C1)C(=O)C1CC[C@H]2[C@@H]3CCC4CCCC[C@]4(C)[C@H]3CC[C@]12C.Cl. The molecule has 0 spiro atoms. The summed E-state index contributed by atoms with van der Waals surface area (Å²) < 4.78 is 0. The van der Waals surface area contributed by atoms with Crippen LogP contribution in [0.2, 0.25) is 0 Å². The molecule has 4 saturated carbocycles. The number of aliphatic hydroxyl groups is 1. The predicted octanol–water partition coefficient (Wildman–Crippen LogP) is 5.42. The summed E-state index contributed by atoms with van der Waals surface area (Å²) in [6, 6.07) is 0. The van der Waals surface area contributed by atoms with E-state index >= 15 is 0 Å². The number of nitrogens with zero attached hydrogens (tertiary/aromatic N) is 2. The molecule has 1 heterocycles. The van der Waals surface area contributed by atoms with E-state index in [1.807, 2.05) is 0 Å². The van der Waals surface area contributed by atoms with E-state index in [0.717, 1.165) is 43.4 Å². The molecule has 6 nitrogen and oxygen atoms in total. The van der Waals surface area contributed by atoms with Crippen LogP contribution in [0.4, 0.5) is 4.79 Å². The highest BCUT2D eigenvalue weighted by atomic mass is 35.5. The monoisotopic (exact) mass is 496 g/mol. The highest BCUT2D eigenvalue weighted by molar-refractivity contribution is 5.85. The van der Waals surface area contributed by atoms with Crippen LogP contribution in [0.15, 0.2) is 0 Å². The Kier molecular flexibility index (Phi) is 7.51. The number of aliphatic hydroxyl groups excluding tert-OH is 1. The van der Waals surface area contributed by atoms with Crippen molar-refractivity contribution in [2.24, 2.45) is 40.4 Å². The molecule has 2 amide bonds. The Hall–Kier alpha value is -1.01. The molecule has 4 aliphatic carbocycles. The van der Waals surface area contributed by atoms with E-state index in [1.54, 1.807) is 7.05 Å². The minimum Gasteiger partial charge on any atom is -0.391 e. The number of likely N-dealkylation sites (tertiary alicyclic amines) is 1. The number of hydroxylamine groups is 2. The molecule has 0 aromatic carbocycles. The molecule has 34 heavy (non-hydrogen) atoms. The highest BCUT2D eigenvalue weighted by Gasteiger charge is 2.61. The quantitative estimate of drug-likeness (QED) is 0.492. The number of β-amino-alcohol motifs (C(OH)–C–C–N with tert-alkyl or cyclic N) is 1. The second-order valence-corrected chi connectivity index (χ2v) is 12.5. The number of hydrogen-bond donors (Lipinski definition) is 1. The summed E-state index contributed by atoms with van der Waals surface area (Å²) in [7, 11) is 1.59. The van der Waals surface area contributed by atoms with Gasteiger partial charge in [-0.1, -0.05) is 26.7 Å². The van der Waals surface area contributed by atoms with Crippen molar-refractivity contribution in [2.75, 3.05) is 20.1 Å². The number of halogens is 1. The lowest BCUT2D eigenvalue weighted by molar-refractivity contribution is -0.175. The van der Waals surface area contributed by atoms with Crippen molar-refractivity contribution in [1.29, 1.82) is 0 Å². The minimum atomic E-state index is -0.517. The number of piperidine rings is 1. The Labute approximate surface area is 211 Å². The number of carbonyl (C=O) groups excluding carboxylic acids is 2. The topological polar surface area (TPSA) is 70.1 Å². The number of carbonyl (C=O) groups is 2. The van der Waals surface area contributed by atoms with Gasteiger partial charge in [-0.3, -0.25) is 4.79 Å². The fourth-order valence-electron chi connectivity index (χ4n) is 9.26. The number of fused-ring (bicyclic) bond motifs is 5. The van der Waals surface area contributed by atoms with Crippen LogP contribution in [0.3, 0.4) is 0 Å². The van der Waals surface area contributed by atoms with E-state index in [1.165, 1.54) is 54.9 Å². The molecule has 1 aliphatic heterocycles. The van der Waals surface area contributed by atoms with Gasteiger partial charge in [-0.05, 0) is 98.7 Å². The number of rotatable bonds is 1. The lowest BCUT2D eigenvalue weighted by atomic mass is 9.45. The van der Waals surface area contributed by atoms with Crippen molar-refractivity contribution in [3.63, 3.8) is 0 Å². The summed E-state index contributed by atoms with van der Waals surface area (Å²) in [5.41, 5.74) is 0.522. The molecule has 3 unspecified atom stereocenters. The Balaban J connectivity index is 0.00000274. The third-order valence-corrected chi connectivity index (χ3v) is 11.1. The second-order valence-electron chi connectivity index (χ2n) is 12.5. The lowest BCUT2D eigenvalue weighted by Gasteiger charge is -2.60. The second kappa shape index (κ2) is 9.80. The van der Waals surface area contributed by atoms with Gasteiger partial charge in [0.25, 0.3) is 5.91 Å². The van der Waals surface area contributed by atoms with Crippen LogP contribution in [0.25, 0.3) is 0 Å². The van der Waals surface area contributed by atoms with Crippen LogP contribution >= 0.6 is 12.4 Å². The molecule has 1 N–H and O–H groups in total. The average molecular weight is 497 g/mol. The summed E-state index contributed by atoms with van der Waals surface area (Å²) in [5.74, 6) is 3.00. The zero-order chi connectivity index (χ0) is 23.4. The highest BCUT2D eigenvalue weighted by Crippen LogP contribution is 2.67. The minimum absolute atomic E-state index is 0. The summed E-state index contributed by atoms with van der Waals surface area (Å²) >= 11 is 0. The van der Waals surface area contributed by atoms with Gasteiger partial charge in [-0.2, -0.15) is 5.06 Å². The normalized spacial score (nSPS) is 43.6. The van der Waals surface area contributed by atoms with Crippen molar-refractivity contribution < 1.29 is 19.5 Å². The molecule has 5 aliphatic rings. The smallest absolute Gasteiger partial charge is 0.391 e. The predicted molar refractivity (Wildman–Crippen MR) is 133 cm³/mol. The fraction of sp³-hybridized carbons (Fsp3) is 0.926. The van der Waals surface area contributed by atoms with E-state index in [4.69, 9.17) is 4.84 Å².